The highest BCUT2D eigenvalue weighted by atomic mass is 16.6. The zero-order chi connectivity index (χ0) is 31.3. The van der Waals surface area contributed by atoms with Crippen molar-refractivity contribution >= 4 is 35.4 Å². The number of allylic oxidation sites excluding steroid dienone is 1. The van der Waals surface area contributed by atoms with Gasteiger partial charge < -0.3 is 24.6 Å². The number of aliphatic hydroxyl groups is 1. The van der Waals surface area contributed by atoms with Gasteiger partial charge in [-0.25, -0.2) is 4.79 Å². The zero-order valence-corrected chi connectivity index (χ0v) is 25.3. The molecule has 5 aliphatic rings. The topological polar surface area (TPSA) is 165 Å². The maximum absolute atomic E-state index is 13.9. The van der Waals surface area contributed by atoms with Gasteiger partial charge in [0.2, 0.25) is 11.7 Å². The molecule has 3 saturated carbocycles. The summed E-state index contributed by atoms with van der Waals surface area (Å²) in [7, 11) is 0. The summed E-state index contributed by atoms with van der Waals surface area (Å²) in [5.41, 5.74) is -0.855. The first-order chi connectivity index (χ1) is 20.2. The molecule has 236 valence electrons. The van der Waals surface area contributed by atoms with E-state index in [0.717, 1.165) is 30.6 Å². The van der Waals surface area contributed by atoms with Crippen LogP contribution in [0.5, 0.6) is 0 Å². The van der Waals surface area contributed by atoms with Gasteiger partial charge in [0.25, 0.3) is 0 Å². The number of carbonyl (C=O) groups is 6. The van der Waals surface area contributed by atoms with E-state index in [4.69, 9.17) is 9.47 Å². The van der Waals surface area contributed by atoms with Crippen LogP contribution in [0.25, 0.3) is 0 Å². The molecule has 11 nitrogen and oxygen atoms in total. The lowest BCUT2D eigenvalue weighted by atomic mass is 9.46. The molecule has 8 atom stereocenters. The molecule has 0 aromatic heterocycles. The van der Waals surface area contributed by atoms with Gasteiger partial charge in [-0.15, -0.1) is 0 Å². The third-order valence-corrected chi connectivity index (χ3v) is 11.6. The van der Waals surface area contributed by atoms with E-state index in [-0.39, 0.29) is 42.9 Å². The molecule has 0 bridgehead atoms. The van der Waals surface area contributed by atoms with E-state index in [1.165, 1.54) is 12.5 Å². The summed E-state index contributed by atoms with van der Waals surface area (Å²) in [6.07, 6.45) is 5.90. The Balaban J connectivity index is 1.25. The van der Waals surface area contributed by atoms with Crippen LogP contribution < -0.4 is 0 Å². The minimum absolute atomic E-state index is 0.0422. The van der Waals surface area contributed by atoms with E-state index >= 15 is 0 Å². The standard InChI is InChI=1S/C32H43NO10/c1-18(34)43-32(26(37)17-42-28(39)7-6-27(38)33-16-21(36)15-25(33)29(40)41)13-10-24-22-5-4-19-14-20(35)8-11-30(19,2)23(22)9-12-31(24,32)3/h14,21-25,36H,4-13,15-17H2,1-3H3,(H,40,41)/t21-,22-,23+,24-,25-,30+,31+,32+/m1/s1. The molecule has 2 N–H and O–H groups in total. The van der Waals surface area contributed by atoms with Crippen molar-refractivity contribution in [1.29, 1.82) is 0 Å². The van der Waals surface area contributed by atoms with Crippen molar-refractivity contribution in [2.45, 2.75) is 109 Å². The van der Waals surface area contributed by atoms with E-state index < -0.39 is 59.4 Å². The molecule has 1 heterocycles. The van der Waals surface area contributed by atoms with Crippen molar-refractivity contribution in [1.82, 2.24) is 4.90 Å². The number of β-amino-alcohol motifs (C(OH)–C–C–N with tert-alkyl or cyclic N) is 1. The smallest absolute Gasteiger partial charge is 0.326 e. The number of nitrogens with zero attached hydrogens (tertiary/aromatic N) is 1. The van der Waals surface area contributed by atoms with E-state index in [2.05, 4.69) is 6.92 Å². The van der Waals surface area contributed by atoms with Gasteiger partial charge in [0.1, 0.15) is 6.04 Å². The first-order valence-corrected chi connectivity index (χ1v) is 15.5. The molecule has 1 amide bonds. The molecule has 0 spiro atoms. The quantitative estimate of drug-likeness (QED) is 0.395. The highest BCUT2D eigenvalue weighted by molar-refractivity contribution is 5.94. The minimum atomic E-state index is -1.43. The van der Waals surface area contributed by atoms with Gasteiger partial charge in [-0.3, -0.25) is 24.0 Å². The van der Waals surface area contributed by atoms with Crippen LogP contribution in [0.2, 0.25) is 0 Å². The second-order valence-electron chi connectivity index (χ2n) is 13.8. The summed E-state index contributed by atoms with van der Waals surface area (Å²) in [4.78, 5) is 76.1. The molecule has 1 aliphatic heterocycles. The van der Waals surface area contributed by atoms with E-state index in [0.29, 0.717) is 37.5 Å². The van der Waals surface area contributed by atoms with Crippen LogP contribution in [-0.2, 0) is 38.2 Å². The Labute approximate surface area is 251 Å². The Morgan fingerprint density at radius 1 is 1.00 bits per heavy atom. The molecular weight excluding hydrogens is 558 g/mol. The van der Waals surface area contributed by atoms with Crippen LogP contribution in [0.15, 0.2) is 11.6 Å². The highest BCUT2D eigenvalue weighted by Crippen LogP contribution is 2.68. The van der Waals surface area contributed by atoms with Gasteiger partial charge >= 0.3 is 17.9 Å². The van der Waals surface area contributed by atoms with Crippen molar-refractivity contribution in [2.75, 3.05) is 13.2 Å². The second-order valence-corrected chi connectivity index (χ2v) is 13.8. The van der Waals surface area contributed by atoms with Crippen LogP contribution >= 0.6 is 0 Å². The van der Waals surface area contributed by atoms with Crippen molar-refractivity contribution < 1.29 is 48.5 Å². The number of carboxylic acids is 1. The number of aliphatic hydroxyl groups excluding tert-OH is 1. The normalized spacial score (nSPS) is 38.3. The predicted molar refractivity (Wildman–Crippen MR) is 150 cm³/mol. The van der Waals surface area contributed by atoms with Crippen molar-refractivity contribution in [3.05, 3.63) is 11.6 Å². The number of amides is 1. The predicted octanol–water partition coefficient (Wildman–Crippen LogP) is 2.76. The van der Waals surface area contributed by atoms with Crippen molar-refractivity contribution in [2.24, 2.45) is 28.6 Å². The molecule has 4 fully saturated rings. The summed E-state index contributed by atoms with van der Waals surface area (Å²) in [6.45, 7) is 4.88. The van der Waals surface area contributed by atoms with Crippen LogP contribution in [0.1, 0.15) is 91.4 Å². The van der Waals surface area contributed by atoms with Crippen LogP contribution in [-0.4, -0.2) is 81.4 Å². The summed E-state index contributed by atoms with van der Waals surface area (Å²) >= 11 is 0. The molecule has 1 saturated heterocycles. The number of Topliss-reactive ketones (excluding diaryl/α,β-unsaturated/α-hetero) is 1. The van der Waals surface area contributed by atoms with Gasteiger partial charge in [-0.2, -0.15) is 0 Å². The Morgan fingerprint density at radius 2 is 1.72 bits per heavy atom. The van der Waals surface area contributed by atoms with E-state index in [1.807, 2.05) is 13.0 Å². The summed E-state index contributed by atoms with van der Waals surface area (Å²) in [5, 5.41) is 19.1. The lowest BCUT2D eigenvalue weighted by molar-refractivity contribution is -0.191. The average Bonchev–Trinajstić information content (AvgIpc) is 3.48. The fraction of sp³-hybridized carbons (Fsp3) is 0.750. The summed E-state index contributed by atoms with van der Waals surface area (Å²) < 4.78 is 11.2. The lowest BCUT2D eigenvalue weighted by Crippen LogP contribution is -2.59. The fourth-order valence-corrected chi connectivity index (χ4v) is 9.50. The van der Waals surface area contributed by atoms with Crippen LogP contribution in [0, 0.1) is 28.6 Å². The van der Waals surface area contributed by atoms with Gasteiger partial charge in [-0.05, 0) is 74.2 Å². The molecule has 5 rings (SSSR count). The number of rotatable bonds is 8. The first-order valence-electron chi connectivity index (χ1n) is 15.5. The number of ketones is 2. The van der Waals surface area contributed by atoms with E-state index in [9.17, 15) is 39.0 Å². The molecule has 0 aromatic rings. The largest absolute Gasteiger partial charge is 0.480 e. The number of likely N-dealkylation sites (tertiary alicyclic amines) is 1. The van der Waals surface area contributed by atoms with Crippen molar-refractivity contribution in [3.8, 4) is 0 Å². The van der Waals surface area contributed by atoms with Gasteiger partial charge in [-0.1, -0.05) is 19.4 Å². The number of ether oxygens (including phenoxy) is 2. The maximum Gasteiger partial charge on any atom is 0.326 e. The molecular formula is C32H43NO10. The third-order valence-electron chi connectivity index (χ3n) is 11.6. The minimum Gasteiger partial charge on any atom is -0.480 e. The number of aliphatic carboxylic acids is 1. The van der Waals surface area contributed by atoms with Gasteiger partial charge in [0.15, 0.2) is 18.0 Å². The number of esters is 2. The number of carbonyl (C=O) groups excluding carboxylic acids is 5. The highest BCUT2D eigenvalue weighted by Gasteiger charge is 2.68. The number of hydrogen-bond acceptors (Lipinski definition) is 9. The SMILES string of the molecule is CC(=O)O[C@]1(C(=O)COC(=O)CCC(=O)N2C[C@H](O)C[C@@H]2C(=O)O)CC[C@@H]2[C@@H]3CCC4=CC(=O)CC[C@]4(C)[C@H]3CC[C@@]21C. The lowest BCUT2D eigenvalue weighted by Gasteiger charge is -2.59. The monoisotopic (exact) mass is 601 g/mol. The van der Waals surface area contributed by atoms with Crippen LogP contribution in [0.4, 0.5) is 0 Å². The molecule has 0 unspecified atom stereocenters. The van der Waals surface area contributed by atoms with Crippen molar-refractivity contribution in [3.63, 3.8) is 0 Å². The fourth-order valence-electron chi connectivity index (χ4n) is 9.50. The molecule has 0 radical (unpaired) electrons. The summed E-state index contributed by atoms with van der Waals surface area (Å²) in [5.74, 6) is -2.59. The Morgan fingerprint density at radius 3 is 2.42 bits per heavy atom. The summed E-state index contributed by atoms with van der Waals surface area (Å²) in [6, 6.07) is -1.15. The van der Waals surface area contributed by atoms with E-state index in [1.54, 1.807) is 0 Å². The first kappa shape index (κ1) is 31.3. The molecule has 43 heavy (non-hydrogen) atoms. The molecule has 4 aliphatic carbocycles. The average molecular weight is 602 g/mol. The zero-order valence-electron chi connectivity index (χ0n) is 25.3. The second kappa shape index (κ2) is 11.4. The number of fused-ring (bicyclic) bond motifs is 5. The number of hydrogen-bond donors (Lipinski definition) is 2. The maximum atomic E-state index is 13.9. The molecule has 0 aromatic carbocycles. The van der Waals surface area contributed by atoms with Gasteiger partial charge in [0, 0.05) is 38.1 Å². The third kappa shape index (κ3) is 5.31. The molecule has 11 heteroatoms. The Hall–Kier alpha value is -3.08. The Kier molecular flexibility index (Phi) is 8.35. The van der Waals surface area contributed by atoms with Gasteiger partial charge in [0.05, 0.1) is 12.5 Å². The number of carboxylic acid groups (broad SMARTS) is 1. The Bertz CT molecular complexity index is 1260. The van der Waals surface area contributed by atoms with Crippen LogP contribution in [0.3, 0.4) is 0 Å².